The molecular formula is C17H21ClN2. The Labute approximate surface area is 125 Å². The first-order chi connectivity index (χ1) is 9.52. The third kappa shape index (κ3) is 3.21. The molecule has 0 aromatic heterocycles. The van der Waals surface area contributed by atoms with Crippen LogP contribution < -0.4 is 11.3 Å². The Bertz CT molecular complexity index is 608. The highest BCUT2D eigenvalue weighted by atomic mass is 35.5. The smallest absolute Gasteiger partial charge is 0.0503 e. The lowest BCUT2D eigenvalue weighted by molar-refractivity contribution is 0.549. The molecule has 2 nitrogen and oxygen atoms in total. The molecule has 2 aromatic carbocycles. The molecule has 0 aliphatic heterocycles. The first kappa shape index (κ1) is 15.0. The van der Waals surface area contributed by atoms with Crippen LogP contribution in [0.25, 0.3) is 0 Å². The lowest BCUT2D eigenvalue weighted by Crippen LogP contribution is -2.30. The number of nitrogens with two attached hydrogens (primary N) is 1. The van der Waals surface area contributed by atoms with Crippen LogP contribution in [0.2, 0.25) is 5.02 Å². The first-order valence-electron chi connectivity index (χ1n) is 6.80. The van der Waals surface area contributed by atoms with E-state index in [1.54, 1.807) is 0 Å². The second-order valence-electron chi connectivity index (χ2n) is 5.31. The third-order valence-electron chi connectivity index (χ3n) is 3.84. The number of rotatable bonds is 4. The highest BCUT2D eigenvalue weighted by Crippen LogP contribution is 2.26. The molecule has 0 saturated carbocycles. The summed E-state index contributed by atoms with van der Waals surface area (Å²) in [5.74, 6) is 5.77. The number of hydrogen-bond acceptors (Lipinski definition) is 2. The quantitative estimate of drug-likeness (QED) is 0.659. The predicted octanol–water partition coefficient (Wildman–Crippen LogP) is 4.01. The fraction of sp³-hybridized carbons (Fsp3) is 0.294. The fourth-order valence-corrected chi connectivity index (χ4v) is 2.71. The van der Waals surface area contributed by atoms with Gasteiger partial charge in [-0.2, -0.15) is 0 Å². The Hall–Kier alpha value is -1.35. The number of hydrazine groups is 1. The van der Waals surface area contributed by atoms with E-state index in [1.807, 2.05) is 24.3 Å². The van der Waals surface area contributed by atoms with Crippen molar-refractivity contribution in [2.75, 3.05) is 0 Å². The van der Waals surface area contributed by atoms with E-state index >= 15 is 0 Å². The summed E-state index contributed by atoms with van der Waals surface area (Å²) in [6.07, 6.45) is 0.777. The van der Waals surface area contributed by atoms with Crippen LogP contribution in [0.5, 0.6) is 0 Å². The van der Waals surface area contributed by atoms with Gasteiger partial charge in [0.15, 0.2) is 0 Å². The van der Waals surface area contributed by atoms with Crippen molar-refractivity contribution in [2.45, 2.75) is 33.2 Å². The molecule has 0 aliphatic rings. The lowest BCUT2D eigenvalue weighted by Gasteiger charge is -2.20. The van der Waals surface area contributed by atoms with Crippen LogP contribution in [0.15, 0.2) is 36.4 Å². The number of nitrogens with one attached hydrogen (secondary N) is 1. The van der Waals surface area contributed by atoms with E-state index in [4.69, 9.17) is 17.4 Å². The molecule has 20 heavy (non-hydrogen) atoms. The summed E-state index contributed by atoms with van der Waals surface area (Å²) in [5, 5.41) is 0.786. The van der Waals surface area contributed by atoms with E-state index in [9.17, 15) is 0 Å². The summed E-state index contributed by atoms with van der Waals surface area (Å²) in [7, 11) is 0. The van der Waals surface area contributed by atoms with Gasteiger partial charge >= 0.3 is 0 Å². The summed E-state index contributed by atoms with van der Waals surface area (Å²) < 4.78 is 0. The van der Waals surface area contributed by atoms with Crippen molar-refractivity contribution >= 4 is 11.6 Å². The minimum Gasteiger partial charge on any atom is -0.271 e. The Balaban J connectivity index is 2.34. The molecule has 3 heteroatoms. The maximum atomic E-state index is 6.24. The summed E-state index contributed by atoms with van der Waals surface area (Å²) in [6, 6.07) is 12.4. The van der Waals surface area contributed by atoms with E-state index < -0.39 is 0 Å². The minimum absolute atomic E-state index is 0.0641. The Morgan fingerprint density at radius 2 is 1.70 bits per heavy atom. The highest BCUT2D eigenvalue weighted by Gasteiger charge is 2.15. The van der Waals surface area contributed by atoms with E-state index in [2.05, 4.69) is 38.3 Å². The molecule has 0 heterocycles. The molecule has 0 aliphatic carbocycles. The number of benzene rings is 2. The van der Waals surface area contributed by atoms with Gasteiger partial charge in [-0.1, -0.05) is 41.9 Å². The molecule has 0 fully saturated rings. The molecule has 0 spiro atoms. The topological polar surface area (TPSA) is 38.0 Å². The zero-order valence-electron chi connectivity index (χ0n) is 12.2. The molecule has 2 rings (SSSR count). The molecule has 1 unspecified atom stereocenters. The largest absolute Gasteiger partial charge is 0.271 e. The number of hydrogen-bond donors (Lipinski definition) is 2. The van der Waals surface area contributed by atoms with Crippen LogP contribution in [0, 0.1) is 20.8 Å². The minimum atomic E-state index is 0.0641. The summed E-state index contributed by atoms with van der Waals surface area (Å²) in [5.41, 5.74) is 9.10. The van der Waals surface area contributed by atoms with Gasteiger partial charge in [-0.05, 0) is 61.1 Å². The monoisotopic (exact) mass is 288 g/mol. The maximum absolute atomic E-state index is 6.24. The van der Waals surface area contributed by atoms with Gasteiger partial charge in [0.25, 0.3) is 0 Å². The Kier molecular flexibility index (Phi) is 4.81. The standard InChI is InChI=1S/C17H21ClN2/c1-11-8-13(3)15(9-12(11)2)17(20-19)10-14-6-4-5-7-16(14)18/h4-9,17,20H,10,19H2,1-3H3. The van der Waals surface area contributed by atoms with Crippen molar-refractivity contribution in [1.82, 2.24) is 5.43 Å². The molecule has 1 atom stereocenters. The number of aryl methyl sites for hydroxylation is 3. The molecule has 0 bridgehead atoms. The average molecular weight is 289 g/mol. The summed E-state index contributed by atoms with van der Waals surface area (Å²) in [4.78, 5) is 0. The van der Waals surface area contributed by atoms with E-state index in [0.717, 1.165) is 17.0 Å². The van der Waals surface area contributed by atoms with Crippen molar-refractivity contribution < 1.29 is 0 Å². The normalized spacial score (nSPS) is 12.4. The summed E-state index contributed by atoms with van der Waals surface area (Å²) >= 11 is 6.24. The zero-order chi connectivity index (χ0) is 14.7. The average Bonchev–Trinajstić information content (AvgIpc) is 2.42. The second kappa shape index (κ2) is 6.40. The van der Waals surface area contributed by atoms with E-state index in [-0.39, 0.29) is 6.04 Å². The van der Waals surface area contributed by atoms with Crippen molar-refractivity contribution in [1.29, 1.82) is 0 Å². The second-order valence-corrected chi connectivity index (χ2v) is 5.72. The van der Waals surface area contributed by atoms with Gasteiger partial charge < -0.3 is 0 Å². The van der Waals surface area contributed by atoms with Crippen LogP contribution in [-0.2, 0) is 6.42 Å². The van der Waals surface area contributed by atoms with Crippen LogP contribution in [0.1, 0.15) is 33.9 Å². The molecule has 0 amide bonds. The molecular weight excluding hydrogens is 268 g/mol. The van der Waals surface area contributed by atoms with Gasteiger partial charge in [0.05, 0.1) is 6.04 Å². The maximum Gasteiger partial charge on any atom is 0.0503 e. The zero-order valence-corrected chi connectivity index (χ0v) is 13.0. The van der Waals surface area contributed by atoms with Crippen LogP contribution in [-0.4, -0.2) is 0 Å². The molecule has 2 aromatic rings. The molecule has 0 radical (unpaired) electrons. The molecule has 106 valence electrons. The van der Waals surface area contributed by atoms with Gasteiger partial charge in [0.1, 0.15) is 0 Å². The Morgan fingerprint density at radius 1 is 1.05 bits per heavy atom. The lowest BCUT2D eigenvalue weighted by atomic mass is 9.92. The van der Waals surface area contributed by atoms with Crippen molar-refractivity contribution in [3.8, 4) is 0 Å². The fourth-order valence-electron chi connectivity index (χ4n) is 2.50. The highest BCUT2D eigenvalue weighted by molar-refractivity contribution is 6.31. The summed E-state index contributed by atoms with van der Waals surface area (Å²) in [6.45, 7) is 6.38. The number of halogens is 1. The predicted molar refractivity (Wildman–Crippen MR) is 85.9 cm³/mol. The van der Waals surface area contributed by atoms with Crippen molar-refractivity contribution in [3.63, 3.8) is 0 Å². The van der Waals surface area contributed by atoms with Gasteiger partial charge in [-0.3, -0.25) is 11.3 Å². The van der Waals surface area contributed by atoms with Crippen LogP contribution in [0.4, 0.5) is 0 Å². The van der Waals surface area contributed by atoms with Gasteiger partial charge in [0, 0.05) is 5.02 Å². The van der Waals surface area contributed by atoms with Crippen LogP contribution >= 0.6 is 11.6 Å². The van der Waals surface area contributed by atoms with Crippen LogP contribution in [0.3, 0.4) is 0 Å². The Morgan fingerprint density at radius 3 is 2.35 bits per heavy atom. The van der Waals surface area contributed by atoms with Gasteiger partial charge in [0.2, 0.25) is 0 Å². The van der Waals surface area contributed by atoms with Crippen molar-refractivity contribution in [2.24, 2.45) is 5.84 Å². The molecule has 3 N–H and O–H groups in total. The molecule has 0 saturated heterocycles. The third-order valence-corrected chi connectivity index (χ3v) is 4.21. The van der Waals surface area contributed by atoms with Gasteiger partial charge in [-0.15, -0.1) is 0 Å². The van der Waals surface area contributed by atoms with E-state index in [0.29, 0.717) is 0 Å². The van der Waals surface area contributed by atoms with Gasteiger partial charge in [-0.25, -0.2) is 0 Å². The van der Waals surface area contributed by atoms with Crippen molar-refractivity contribution in [3.05, 3.63) is 69.2 Å². The first-order valence-corrected chi connectivity index (χ1v) is 7.18. The van der Waals surface area contributed by atoms with E-state index in [1.165, 1.54) is 22.3 Å². The SMILES string of the molecule is Cc1cc(C)c(C(Cc2ccccc2Cl)NN)cc1C.